The fourth-order valence-electron chi connectivity index (χ4n) is 1.72. The summed E-state index contributed by atoms with van der Waals surface area (Å²) in [7, 11) is 0. The second kappa shape index (κ2) is 4.20. The summed E-state index contributed by atoms with van der Waals surface area (Å²) in [6.07, 6.45) is 4.23. The summed E-state index contributed by atoms with van der Waals surface area (Å²) < 4.78 is 25.8. The van der Waals surface area contributed by atoms with E-state index in [1.165, 1.54) is 4.68 Å². The van der Waals surface area contributed by atoms with Gasteiger partial charge in [-0.3, -0.25) is 0 Å². The van der Waals surface area contributed by atoms with Gasteiger partial charge in [-0.1, -0.05) is 12.8 Å². The Hall–Kier alpha value is -0.720. The van der Waals surface area contributed by atoms with Crippen molar-refractivity contribution in [1.82, 2.24) is 20.2 Å². The van der Waals surface area contributed by atoms with E-state index in [4.69, 9.17) is 0 Å². The highest BCUT2D eigenvalue weighted by molar-refractivity contribution is 7.99. The highest BCUT2D eigenvalue weighted by Crippen LogP contribution is 2.32. The van der Waals surface area contributed by atoms with Crippen molar-refractivity contribution in [2.75, 3.05) is 0 Å². The van der Waals surface area contributed by atoms with Crippen LogP contribution < -0.4 is 0 Å². The van der Waals surface area contributed by atoms with Gasteiger partial charge in [-0.15, -0.1) is 5.10 Å². The molecule has 0 atom stereocenters. The molecular weight excluding hydrogens is 210 g/mol. The lowest BCUT2D eigenvalue weighted by Gasteiger charge is -2.09. The molecule has 0 radical (unpaired) electrons. The van der Waals surface area contributed by atoms with E-state index in [1.54, 1.807) is 0 Å². The van der Waals surface area contributed by atoms with Crippen LogP contribution in [0.4, 0.5) is 8.78 Å². The molecule has 1 fully saturated rings. The number of hydrogen-bond donors (Lipinski definition) is 0. The van der Waals surface area contributed by atoms with Crippen LogP contribution >= 0.6 is 11.8 Å². The average molecular weight is 220 g/mol. The van der Waals surface area contributed by atoms with Crippen molar-refractivity contribution in [1.29, 1.82) is 0 Å². The molecule has 0 aliphatic heterocycles. The third kappa shape index (κ3) is 2.02. The number of halogens is 2. The quantitative estimate of drug-likeness (QED) is 0.732. The van der Waals surface area contributed by atoms with E-state index in [2.05, 4.69) is 15.5 Å². The van der Waals surface area contributed by atoms with E-state index in [0.717, 1.165) is 25.7 Å². The van der Waals surface area contributed by atoms with Gasteiger partial charge in [-0.05, 0) is 35.0 Å². The molecule has 2 rings (SSSR count). The molecule has 78 valence electrons. The van der Waals surface area contributed by atoms with Crippen molar-refractivity contribution in [3.05, 3.63) is 0 Å². The molecule has 1 aliphatic rings. The van der Waals surface area contributed by atoms with Gasteiger partial charge in [0.1, 0.15) is 0 Å². The summed E-state index contributed by atoms with van der Waals surface area (Å²) in [5.74, 6) is -2.46. The van der Waals surface area contributed by atoms with Gasteiger partial charge in [0.15, 0.2) is 0 Å². The largest absolute Gasteiger partial charge is 0.291 e. The van der Waals surface area contributed by atoms with Gasteiger partial charge in [0.2, 0.25) is 5.16 Å². The maximum atomic E-state index is 12.1. The Morgan fingerprint density at radius 3 is 2.71 bits per heavy atom. The number of thioether (sulfide) groups is 1. The Labute approximate surface area is 84.1 Å². The van der Waals surface area contributed by atoms with E-state index < -0.39 is 5.76 Å². The predicted octanol–water partition coefficient (Wildman–Crippen LogP) is 2.10. The zero-order valence-electron chi connectivity index (χ0n) is 7.44. The molecule has 0 spiro atoms. The number of tetrazole rings is 1. The van der Waals surface area contributed by atoms with Crippen LogP contribution in [-0.2, 0) is 0 Å². The molecule has 4 nitrogen and oxygen atoms in total. The van der Waals surface area contributed by atoms with E-state index in [0.29, 0.717) is 11.8 Å². The highest BCUT2D eigenvalue weighted by atomic mass is 32.2. The van der Waals surface area contributed by atoms with E-state index >= 15 is 0 Å². The summed E-state index contributed by atoms with van der Waals surface area (Å²) in [6.45, 7) is 0. The molecule has 0 amide bonds. The monoisotopic (exact) mass is 220 g/mol. The normalized spacial score (nSPS) is 18.2. The Morgan fingerprint density at radius 2 is 2.07 bits per heavy atom. The van der Waals surface area contributed by atoms with Crippen LogP contribution in [0.25, 0.3) is 0 Å². The molecule has 0 bridgehead atoms. The van der Waals surface area contributed by atoms with Crippen LogP contribution in [0.5, 0.6) is 0 Å². The number of nitrogens with zero attached hydrogens (tertiary/aromatic N) is 4. The lowest BCUT2D eigenvalue weighted by molar-refractivity contribution is 0.250. The first-order valence-corrected chi connectivity index (χ1v) is 5.38. The lowest BCUT2D eigenvalue weighted by atomic mass is 10.3. The SMILES string of the molecule is FC(F)Sc1nnnn1C1CCCC1. The minimum atomic E-state index is -2.46. The second-order valence-electron chi connectivity index (χ2n) is 3.22. The molecule has 1 aromatic heterocycles. The van der Waals surface area contributed by atoms with Gasteiger partial charge in [0, 0.05) is 0 Å². The van der Waals surface area contributed by atoms with Crippen molar-refractivity contribution in [2.45, 2.75) is 42.6 Å². The van der Waals surface area contributed by atoms with Crippen molar-refractivity contribution in [3.8, 4) is 0 Å². The van der Waals surface area contributed by atoms with Crippen LogP contribution in [-0.4, -0.2) is 26.0 Å². The summed E-state index contributed by atoms with van der Waals surface area (Å²) in [4.78, 5) is 0. The molecule has 1 heterocycles. The van der Waals surface area contributed by atoms with Crippen molar-refractivity contribution >= 4 is 11.8 Å². The van der Waals surface area contributed by atoms with Crippen LogP contribution in [0.3, 0.4) is 0 Å². The Balaban J connectivity index is 2.12. The first-order valence-electron chi connectivity index (χ1n) is 4.50. The number of rotatable bonds is 3. The van der Waals surface area contributed by atoms with Crippen molar-refractivity contribution in [2.24, 2.45) is 0 Å². The fourth-order valence-corrected chi connectivity index (χ4v) is 2.26. The molecule has 1 saturated carbocycles. The molecule has 14 heavy (non-hydrogen) atoms. The summed E-state index contributed by atoms with van der Waals surface area (Å²) in [5.41, 5.74) is 0. The van der Waals surface area contributed by atoms with E-state index in [9.17, 15) is 8.78 Å². The van der Waals surface area contributed by atoms with Crippen LogP contribution in [0.15, 0.2) is 5.16 Å². The summed E-state index contributed by atoms with van der Waals surface area (Å²) >= 11 is 0.412. The first-order chi connectivity index (χ1) is 6.77. The van der Waals surface area contributed by atoms with Crippen LogP contribution in [0, 0.1) is 0 Å². The zero-order chi connectivity index (χ0) is 9.97. The van der Waals surface area contributed by atoms with Crippen molar-refractivity contribution < 1.29 is 8.78 Å². The second-order valence-corrected chi connectivity index (χ2v) is 4.18. The van der Waals surface area contributed by atoms with E-state index in [-0.39, 0.29) is 11.2 Å². The third-order valence-electron chi connectivity index (χ3n) is 2.33. The molecule has 0 saturated heterocycles. The Morgan fingerprint density at radius 1 is 1.36 bits per heavy atom. The molecule has 0 N–H and O–H groups in total. The smallest absolute Gasteiger partial charge is 0.217 e. The molecule has 7 heteroatoms. The number of aromatic nitrogens is 4. The predicted molar refractivity (Wildman–Crippen MR) is 47.2 cm³/mol. The minimum absolute atomic E-state index is 0.214. The molecular formula is C7H10F2N4S. The van der Waals surface area contributed by atoms with Crippen LogP contribution in [0.1, 0.15) is 31.7 Å². The molecule has 1 aliphatic carbocycles. The molecule has 0 unspecified atom stereocenters. The summed E-state index contributed by atoms with van der Waals surface area (Å²) in [6, 6.07) is 0.214. The van der Waals surface area contributed by atoms with Gasteiger partial charge >= 0.3 is 0 Å². The fraction of sp³-hybridized carbons (Fsp3) is 0.857. The van der Waals surface area contributed by atoms with Gasteiger partial charge < -0.3 is 0 Å². The van der Waals surface area contributed by atoms with Crippen LogP contribution in [0.2, 0.25) is 0 Å². The maximum Gasteiger partial charge on any atom is 0.291 e. The number of alkyl halides is 2. The minimum Gasteiger partial charge on any atom is -0.217 e. The Kier molecular flexibility index (Phi) is 2.95. The number of hydrogen-bond acceptors (Lipinski definition) is 4. The molecule has 1 aromatic rings. The highest BCUT2D eigenvalue weighted by Gasteiger charge is 2.23. The maximum absolute atomic E-state index is 12.1. The zero-order valence-corrected chi connectivity index (χ0v) is 8.25. The van der Waals surface area contributed by atoms with Gasteiger partial charge in [0.05, 0.1) is 6.04 Å². The van der Waals surface area contributed by atoms with Crippen molar-refractivity contribution in [3.63, 3.8) is 0 Å². The third-order valence-corrected chi connectivity index (χ3v) is 2.99. The standard InChI is InChI=1S/C7H10F2N4S/c8-6(9)14-7-10-11-12-13(7)5-3-1-2-4-5/h5-6H,1-4H2. The summed E-state index contributed by atoms with van der Waals surface area (Å²) in [5, 5.41) is 11.0. The first kappa shape index (κ1) is 9.82. The average Bonchev–Trinajstić information content (AvgIpc) is 2.70. The van der Waals surface area contributed by atoms with Gasteiger partial charge in [-0.2, -0.15) is 8.78 Å². The lowest BCUT2D eigenvalue weighted by Crippen LogP contribution is -2.08. The Bertz CT molecular complexity index is 298. The molecule has 0 aromatic carbocycles. The van der Waals surface area contributed by atoms with Gasteiger partial charge in [-0.25, -0.2) is 4.68 Å². The van der Waals surface area contributed by atoms with E-state index in [1.807, 2.05) is 0 Å². The van der Waals surface area contributed by atoms with Gasteiger partial charge in [0.25, 0.3) is 5.76 Å². The topological polar surface area (TPSA) is 43.6 Å².